The molecule has 2 atom stereocenters. The summed E-state index contributed by atoms with van der Waals surface area (Å²) >= 11 is 6.07. The summed E-state index contributed by atoms with van der Waals surface area (Å²) in [5.74, 6) is 0.969. The van der Waals surface area contributed by atoms with E-state index >= 15 is 0 Å². The Morgan fingerprint density at radius 3 is 2.80 bits per heavy atom. The molecule has 1 fully saturated rings. The summed E-state index contributed by atoms with van der Waals surface area (Å²) in [6.45, 7) is 1.46. The number of aliphatic hydroxyl groups is 1. The molecule has 2 aromatic carbocycles. The minimum atomic E-state index is -0.468. The fourth-order valence-corrected chi connectivity index (χ4v) is 3.73. The van der Waals surface area contributed by atoms with Gasteiger partial charge in [0.05, 0.1) is 17.2 Å². The number of β-amino-alcohol motifs (C(OH)–C–C–N with tert-alkyl or cyclic N) is 1. The molecule has 30 heavy (non-hydrogen) atoms. The monoisotopic (exact) mass is 473 g/mol. The predicted molar refractivity (Wildman–Crippen MR) is 120 cm³/mol. The number of nitrogens with zero attached hydrogens (tertiary/aromatic N) is 2. The van der Waals surface area contributed by atoms with Crippen LogP contribution < -0.4 is 10.1 Å². The summed E-state index contributed by atoms with van der Waals surface area (Å²) in [6, 6.07) is 12.0. The molecule has 5 nitrogen and oxygen atoms in total. The number of piperidine rings is 1. The second kappa shape index (κ2) is 11.0. The van der Waals surface area contributed by atoms with Gasteiger partial charge in [-0.2, -0.15) is 0 Å². The Balaban J connectivity index is 0.00000160. The number of aliphatic hydroxyl groups excluding tert-OH is 1. The van der Waals surface area contributed by atoms with Crippen LogP contribution in [0.15, 0.2) is 54.9 Å². The Morgan fingerprint density at radius 1 is 1.23 bits per heavy atom. The molecule has 4 rings (SSSR count). The first-order valence-electron chi connectivity index (χ1n) is 9.21. The molecule has 1 aliphatic heterocycles. The van der Waals surface area contributed by atoms with Crippen molar-refractivity contribution in [2.24, 2.45) is 0 Å². The van der Waals surface area contributed by atoms with Gasteiger partial charge in [-0.25, -0.2) is 9.37 Å². The molecule has 162 valence electrons. The zero-order valence-electron chi connectivity index (χ0n) is 16.0. The molecule has 2 N–H and O–H groups in total. The number of aromatic nitrogens is 2. The zero-order chi connectivity index (χ0) is 19.5. The van der Waals surface area contributed by atoms with E-state index in [0.29, 0.717) is 22.9 Å². The van der Waals surface area contributed by atoms with Crippen molar-refractivity contribution in [3.63, 3.8) is 0 Å². The molecule has 2 heterocycles. The maximum atomic E-state index is 13.9. The lowest BCUT2D eigenvalue weighted by molar-refractivity contribution is 0.0880. The van der Waals surface area contributed by atoms with E-state index in [0.717, 1.165) is 24.4 Å². The van der Waals surface area contributed by atoms with E-state index in [-0.39, 0.29) is 43.3 Å². The van der Waals surface area contributed by atoms with Crippen LogP contribution in [0.4, 0.5) is 4.39 Å². The summed E-state index contributed by atoms with van der Waals surface area (Å²) < 4.78 is 21.7. The molecule has 0 unspecified atom stereocenters. The van der Waals surface area contributed by atoms with Crippen LogP contribution in [0.1, 0.15) is 18.0 Å². The lowest BCUT2D eigenvalue weighted by Gasteiger charge is -2.30. The summed E-state index contributed by atoms with van der Waals surface area (Å²) in [6.07, 6.45) is 3.98. The molecular weight excluding hydrogens is 452 g/mol. The van der Waals surface area contributed by atoms with Gasteiger partial charge >= 0.3 is 0 Å². The first-order valence-corrected chi connectivity index (χ1v) is 9.59. The van der Waals surface area contributed by atoms with Crippen molar-refractivity contribution >= 4 is 36.4 Å². The summed E-state index contributed by atoms with van der Waals surface area (Å²) in [5, 5.41) is 13.9. The van der Waals surface area contributed by atoms with E-state index in [9.17, 15) is 9.50 Å². The lowest BCUT2D eigenvalue weighted by atomic mass is 10.0. The van der Waals surface area contributed by atoms with Crippen molar-refractivity contribution in [2.75, 3.05) is 13.1 Å². The molecule has 0 bridgehead atoms. The van der Waals surface area contributed by atoms with Crippen LogP contribution in [0, 0.1) is 5.82 Å². The minimum Gasteiger partial charge on any atom is -0.489 e. The van der Waals surface area contributed by atoms with Crippen molar-refractivity contribution in [2.45, 2.75) is 25.2 Å². The fraction of sp³-hybridized carbons (Fsp3) is 0.286. The highest BCUT2D eigenvalue weighted by molar-refractivity contribution is 6.31. The van der Waals surface area contributed by atoms with Crippen molar-refractivity contribution in [3.8, 4) is 17.1 Å². The Labute approximate surface area is 192 Å². The van der Waals surface area contributed by atoms with Gasteiger partial charge in [0.15, 0.2) is 0 Å². The van der Waals surface area contributed by atoms with Crippen molar-refractivity contribution in [1.29, 1.82) is 0 Å². The molecular formula is C21H23Cl3FN3O2. The van der Waals surface area contributed by atoms with Crippen LogP contribution in [-0.4, -0.2) is 33.9 Å². The van der Waals surface area contributed by atoms with Gasteiger partial charge < -0.3 is 19.7 Å². The normalized spacial score (nSPS) is 18.2. The standard InChI is InChI=1S/C21H21ClFN3O2.2ClH/c22-17-5-2-6-18(23)16(17)13-28-15-4-1-3-14(11-15)21-25-9-10-26(21)19-7-8-24-12-20(19)27;;/h1-6,9-11,19-20,24,27H,7-8,12-13H2;2*1H/t19-,20-;;/m0../s1. The van der Waals surface area contributed by atoms with Gasteiger partial charge in [-0.05, 0) is 37.2 Å². The molecule has 0 amide bonds. The van der Waals surface area contributed by atoms with Gasteiger partial charge in [-0.3, -0.25) is 0 Å². The second-order valence-corrected chi connectivity index (χ2v) is 7.21. The third-order valence-electron chi connectivity index (χ3n) is 4.98. The highest BCUT2D eigenvalue weighted by Crippen LogP contribution is 2.29. The third-order valence-corrected chi connectivity index (χ3v) is 5.33. The molecule has 3 aromatic rings. The lowest BCUT2D eigenvalue weighted by Crippen LogP contribution is -2.41. The molecule has 9 heteroatoms. The van der Waals surface area contributed by atoms with Gasteiger partial charge in [0.2, 0.25) is 0 Å². The van der Waals surface area contributed by atoms with Gasteiger partial charge in [0.25, 0.3) is 0 Å². The summed E-state index contributed by atoms with van der Waals surface area (Å²) in [7, 11) is 0. The average molecular weight is 475 g/mol. The number of halogens is 4. The first-order chi connectivity index (χ1) is 13.6. The van der Waals surface area contributed by atoms with E-state index in [2.05, 4.69) is 10.3 Å². The molecule has 0 spiro atoms. The molecule has 0 saturated carbocycles. The topological polar surface area (TPSA) is 59.3 Å². The van der Waals surface area contributed by atoms with Crippen molar-refractivity contribution in [1.82, 2.24) is 14.9 Å². The number of ether oxygens (including phenoxy) is 1. The van der Waals surface area contributed by atoms with Gasteiger partial charge in [0, 0.05) is 30.1 Å². The maximum Gasteiger partial charge on any atom is 0.140 e. The van der Waals surface area contributed by atoms with Crippen LogP contribution >= 0.6 is 36.4 Å². The number of nitrogens with one attached hydrogen (secondary N) is 1. The molecule has 1 saturated heterocycles. The fourth-order valence-electron chi connectivity index (χ4n) is 3.51. The summed E-state index contributed by atoms with van der Waals surface area (Å²) in [5.41, 5.74) is 1.20. The third kappa shape index (κ3) is 5.25. The Morgan fingerprint density at radius 2 is 2.03 bits per heavy atom. The van der Waals surface area contributed by atoms with Crippen molar-refractivity contribution in [3.05, 3.63) is 71.3 Å². The Kier molecular flexibility index (Phi) is 8.94. The molecule has 1 aliphatic rings. The number of imidazole rings is 1. The smallest absolute Gasteiger partial charge is 0.140 e. The SMILES string of the molecule is Cl.Cl.O[C@H]1CNCC[C@@H]1n1ccnc1-c1cccc(OCc2c(F)cccc2Cl)c1. The van der Waals surface area contributed by atoms with E-state index in [1.54, 1.807) is 18.3 Å². The molecule has 0 radical (unpaired) electrons. The Bertz CT molecular complexity index is 950. The Hall–Kier alpha value is -1.83. The highest BCUT2D eigenvalue weighted by Gasteiger charge is 2.26. The minimum absolute atomic E-state index is 0. The maximum absolute atomic E-state index is 13.9. The second-order valence-electron chi connectivity index (χ2n) is 6.80. The highest BCUT2D eigenvalue weighted by atomic mass is 35.5. The average Bonchev–Trinajstić information content (AvgIpc) is 3.18. The molecule has 0 aliphatic carbocycles. The van der Waals surface area contributed by atoms with E-state index in [1.807, 2.05) is 35.0 Å². The van der Waals surface area contributed by atoms with Crippen LogP contribution in [0.5, 0.6) is 5.75 Å². The largest absolute Gasteiger partial charge is 0.489 e. The van der Waals surface area contributed by atoms with Crippen LogP contribution in [0.2, 0.25) is 5.02 Å². The summed E-state index contributed by atoms with van der Waals surface area (Å²) in [4.78, 5) is 4.48. The number of benzene rings is 2. The number of hydrogen-bond donors (Lipinski definition) is 2. The number of hydrogen-bond acceptors (Lipinski definition) is 4. The van der Waals surface area contributed by atoms with Gasteiger partial charge in [0.1, 0.15) is 24.0 Å². The van der Waals surface area contributed by atoms with E-state index in [1.165, 1.54) is 6.07 Å². The first kappa shape index (κ1) is 24.4. The van der Waals surface area contributed by atoms with Crippen molar-refractivity contribution < 1.29 is 14.2 Å². The molecule has 1 aromatic heterocycles. The van der Waals surface area contributed by atoms with E-state index in [4.69, 9.17) is 16.3 Å². The van der Waals surface area contributed by atoms with Crippen LogP contribution in [0.25, 0.3) is 11.4 Å². The van der Waals surface area contributed by atoms with E-state index < -0.39 is 6.10 Å². The number of rotatable bonds is 5. The van der Waals surface area contributed by atoms with Gasteiger partial charge in [-0.1, -0.05) is 29.8 Å². The van der Waals surface area contributed by atoms with Crippen LogP contribution in [0.3, 0.4) is 0 Å². The van der Waals surface area contributed by atoms with Crippen LogP contribution in [-0.2, 0) is 6.61 Å². The zero-order valence-corrected chi connectivity index (χ0v) is 18.4. The quantitative estimate of drug-likeness (QED) is 0.565. The predicted octanol–water partition coefficient (Wildman–Crippen LogP) is 4.66. The van der Waals surface area contributed by atoms with Gasteiger partial charge in [-0.15, -0.1) is 24.8 Å².